The maximum absolute atomic E-state index is 13.3. The molecule has 188 valence electrons. The van der Waals surface area contributed by atoms with Crippen molar-refractivity contribution in [1.29, 1.82) is 0 Å². The highest BCUT2D eigenvalue weighted by Crippen LogP contribution is 2.36. The fourth-order valence-electron chi connectivity index (χ4n) is 5.16. The number of hydrogen-bond donors (Lipinski definition) is 0. The molecular formula is C37H29NO. The van der Waals surface area contributed by atoms with Gasteiger partial charge in [0.25, 0.3) is 0 Å². The third-order valence-corrected chi connectivity index (χ3v) is 7.20. The number of allylic oxidation sites excluding steroid dienone is 1. The summed E-state index contributed by atoms with van der Waals surface area (Å²) < 4.78 is 2.37. The molecule has 39 heavy (non-hydrogen) atoms. The summed E-state index contributed by atoms with van der Waals surface area (Å²) in [5, 5.41) is 1.13. The Labute approximate surface area is 229 Å². The Balaban J connectivity index is 1.42. The first-order chi connectivity index (χ1) is 19.2. The molecule has 0 atom stereocenters. The molecule has 0 radical (unpaired) electrons. The zero-order valence-electron chi connectivity index (χ0n) is 21.9. The number of carbonyl (C=O) groups excluding carboxylic acids is 1. The molecular weight excluding hydrogens is 474 g/mol. The lowest BCUT2D eigenvalue weighted by atomic mass is 10.0. The summed E-state index contributed by atoms with van der Waals surface area (Å²) in [5.74, 6) is -0.00985. The molecule has 1 heterocycles. The number of aromatic nitrogens is 1. The number of fused-ring (bicyclic) bond motifs is 1. The number of para-hydroxylation sites is 1. The minimum atomic E-state index is -0.00985. The van der Waals surface area contributed by atoms with Crippen LogP contribution < -0.4 is 0 Å². The lowest BCUT2D eigenvalue weighted by Crippen LogP contribution is -2.02. The van der Waals surface area contributed by atoms with E-state index in [1.54, 1.807) is 6.08 Å². The average Bonchev–Trinajstić information content (AvgIpc) is 3.30. The summed E-state index contributed by atoms with van der Waals surface area (Å²) in [7, 11) is 0. The Morgan fingerprint density at radius 3 is 1.95 bits per heavy atom. The van der Waals surface area contributed by atoms with E-state index in [9.17, 15) is 4.79 Å². The molecule has 6 rings (SSSR count). The van der Waals surface area contributed by atoms with Crippen molar-refractivity contribution in [2.75, 3.05) is 0 Å². The van der Waals surface area contributed by atoms with Crippen LogP contribution in [0.5, 0.6) is 0 Å². The van der Waals surface area contributed by atoms with E-state index in [0.717, 1.165) is 45.4 Å². The number of hydrogen-bond acceptors (Lipinski definition) is 1. The van der Waals surface area contributed by atoms with Crippen LogP contribution in [0.15, 0.2) is 140 Å². The molecule has 0 aliphatic heterocycles. The third kappa shape index (κ3) is 5.10. The Morgan fingerprint density at radius 1 is 0.641 bits per heavy atom. The van der Waals surface area contributed by atoms with Gasteiger partial charge in [0.05, 0.1) is 5.69 Å². The quantitative estimate of drug-likeness (QED) is 0.157. The van der Waals surface area contributed by atoms with Gasteiger partial charge in [0.15, 0.2) is 5.78 Å². The number of aryl methyl sites for hydroxylation is 1. The topological polar surface area (TPSA) is 22.0 Å². The zero-order valence-corrected chi connectivity index (χ0v) is 21.9. The Morgan fingerprint density at radius 2 is 1.23 bits per heavy atom. The third-order valence-electron chi connectivity index (χ3n) is 7.20. The highest BCUT2D eigenvalue weighted by molar-refractivity contribution is 6.09. The zero-order chi connectivity index (χ0) is 26.6. The van der Waals surface area contributed by atoms with Crippen LogP contribution in [-0.4, -0.2) is 10.4 Å². The summed E-state index contributed by atoms with van der Waals surface area (Å²) >= 11 is 0. The molecule has 1 aromatic heterocycles. The van der Waals surface area contributed by atoms with E-state index in [0.29, 0.717) is 5.56 Å². The number of benzene rings is 5. The van der Waals surface area contributed by atoms with Crippen LogP contribution in [0.25, 0.3) is 39.4 Å². The Kier molecular flexibility index (Phi) is 6.76. The second kappa shape index (κ2) is 10.8. The molecule has 0 saturated carbocycles. The van der Waals surface area contributed by atoms with Gasteiger partial charge in [0, 0.05) is 28.6 Å². The van der Waals surface area contributed by atoms with E-state index < -0.39 is 0 Å². The first-order valence-corrected chi connectivity index (χ1v) is 13.3. The van der Waals surface area contributed by atoms with Crippen molar-refractivity contribution in [2.24, 2.45) is 0 Å². The number of carbonyl (C=O) groups is 1. The van der Waals surface area contributed by atoms with Crippen molar-refractivity contribution >= 4 is 22.8 Å². The summed E-state index contributed by atoms with van der Waals surface area (Å²) in [4.78, 5) is 13.3. The molecule has 2 nitrogen and oxygen atoms in total. The molecule has 2 heteroatoms. The van der Waals surface area contributed by atoms with E-state index in [4.69, 9.17) is 0 Å². The maximum Gasteiger partial charge on any atom is 0.185 e. The van der Waals surface area contributed by atoms with Crippen LogP contribution in [0.4, 0.5) is 0 Å². The van der Waals surface area contributed by atoms with Gasteiger partial charge in [-0.1, -0.05) is 133 Å². The standard InChI is InChI=1S/C37H29NO/c1-27-16-18-32(19-17-27)37-34(33-14-8-9-15-35(33)38(37)26-28-10-4-2-5-11-28)24-25-36(39)31-22-20-30(21-23-31)29-12-6-3-7-13-29/h2-25H,26H2,1H3/b25-24+. The minimum absolute atomic E-state index is 0.00985. The molecule has 0 saturated heterocycles. The van der Waals surface area contributed by atoms with Crippen LogP contribution in [0.1, 0.15) is 27.0 Å². The van der Waals surface area contributed by atoms with E-state index in [1.807, 2.05) is 54.6 Å². The normalized spacial score (nSPS) is 11.3. The first-order valence-electron chi connectivity index (χ1n) is 13.3. The number of nitrogens with zero attached hydrogens (tertiary/aromatic N) is 1. The summed E-state index contributed by atoms with van der Waals surface area (Å²) in [6, 6.07) is 45.7. The molecule has 0 aliphatic carbocycles. The van der Waals surface area contributed by atoms with Gasteiger partial charge in [-0.25, -0.2) is 0 Å². The first kappa shape index (κ1) is 24.4. The smallest absolute Gasteiger partial charge is 0.185 e. The monoisotopic (exact) mass is 503 g/mol. The predicted octanol–water partition coefficient (Wildman–Crippen LogP) is 9.23. The van der Waals surface area contributed by atoms with Gasteiger partial charge in [0.2, 0.25) is 0 Å². The summed E-state index contributed by atoms with van der Waals surface area (Å²) in [5.41, 5.74) is 9.82. The Bertz CT molecular complexity index is 1760. The van der Waals surface area contributed by atoms with E-state index in [1.165, 1.54) is 11.1 Å². The van der Waals surface area contributed by atoms with Crippen molar-refractivity contribution in [3.63, 3.8) is 0 Å². The van der Waals surface area contributed by atoms with Crippen molar-refractivity contribution in [1.82, 2.24) is 4.57 Å². The van der Waals surface area contributed by atoms with Gasteiger partial charge in [-0.05, 0) is 47.4 Å². The molecule has 0 N–H and O–H groups in total. The van der Waals surface area contributed by atoms with E-state index >= 15 is 0 Å². The Hall–Kier alpha value is -4.95. The lowest BCUT2D eigenvalue weighted by Gasteiger charge is -2.13. The fourth-order valence-corrected chi connectivity index (χ4v) is 5.16. The molecule has 0 aliphatic rings. The van der Waals surface area contributed by atoms with Gasteiger partial charge in [-0.2, -0.15) is 0 Å². The fraction of sp³-hybridized carbons (Fsp3) is 0.0541. The minimum Gasteiger partial charge on any atom is -0.335 e. The van der Waals surface area contributed by atoms with Crippen LogP contribution in [-0.2, 0) is 6.54 Å². The van der Waals surface area contributed by atoms with Crippen molar-refractivity contribution in [2.45, 2.75) is 13.5 Å². The van der Waals surface area contributed by atoms with E-state index in [-0.39, 0.29) is 5.78 Å². The van der Waals surface area contributed by atoms with Crippen molar-refractivity contribution in [3.8, 4) is 22.4 Å². The molecule has 0 fully saturated rings. The van der Waals surface area contributed by atoms with Crippen LogP contribution >= 0.6 is 0 Å². The molecule has 0 amide bonds. The van der Waals surface area contributed by atoms with Gasteiger partial charge in [-0.3, -0.25) is 4.79 Å². The van der Waals surface area contributed by atoms with Crippen molar-refractivity contribution < 1.29 is 4.79 Å². The van der Waals surface area contributed by atoms with Crippen LogP contribution in [0.3, 0.4) is 0 Å². The number of ketones is 1. The largest absolute Gasteiger partial charge is 0.335 e. The number of rotatable bonds is 7. The highest BCUT2D eigenvalue weighted by Gasteiger charge is 2.18. The van der Waals surface area contributed by atoms with Gasteiger partial charge < -0.3 is 4.57 Å². The molecule has 0 spiro atoms. The maximum atomic E-state index is 13.3. The van der Waals surface area contributed by atoms with E-state index in [2.05, 4.69) is 96.4 Å². The highest BCUT2D eigenvalue weighted by atomic mass is 16.1. The molecule has 0 bridgehead atoms. The second-order valence-electron chi connectivity index (χ2n) is 9.86. The van der Waals surface area contributed by atoms with Gasteiger partial charge in [-0.15, -0.1) is 0 Å². The second-order valence-corrected chi connectivity index (χ2v) is 9.86. The van der Waals surface area contributed by atoms with Gasteiger partial charge in [0.1, 0.15) is 0 Å². The molecule has 6 aromatic rings. The molecule has 0 unspecified atom stereocenters. The summed E-state index contributed by atoms with van der Waals surface area (Å²) in [6.07, 6.45) is 3.70. The van der Waals surface area contributed by atoms with Crippen molar-refractivity contribution in [3.05, 3.63) is 162 Å². The average molecular weight is 504 g/mol. The van der Waals surface area contributed by atoms with Crippen LogP contribution in [0.2, 0.25) is 0 Å². The lowest BCUT2D eigenvalue weighted by molar-refractivity contribution is 0.104. The SMILES string of the molecule is Cc1ccc(-c2c(/C=C/C(=O)c3ccc(-c4ccccc4)cc3)c3ccccc3n2Cc2ccccc2)cc1. The summed E-state index contributed by atoms with van der Waals surface area (Å²) in [6.45, 7) is 2.85. The predicted molar refractivity (Wildman–Crippen MR) is 163 cm³/mol. The van der Waals surface area contributed by atoms with Crippen LogP contribution in [0, 0.1) is 6.92 Å². The molecule has 5 aromatic carbocycles. The van der Waals surface area contributed by atoms with Gasteiger partial charge >= 0.3 is 0 Å².